The molecule has 0 aliphatic carbocycles. The van der Waals surface area contributed by atoms with E-state index in [2.05, 4.69) is 5.32 Å². The Labute approximate surface area is 192 Å². The molecule has 0 bridgehead atoms. The number of hydrogen-bond acceptors (Lipinski definition) is 5. The number of nitrogens with zero attached hydrogens (tertiary/aromatic N) is 1. The minimum atomic E-state index is -0.751. The molecule has 9 heteroatoms. The van der Waals surface area contributed by atoms with Crippen molar-refractivity contribution in [3.05, 3.63) is 93.5 Å². The number of carbonyl (C=O) groups excluding carboxylic acids is 4. The fourth-order valence-electron chi connectivity index (χ4n) is 3.18. The molecule has 0 saturated carbocycles. The van der Waals surface area contributed by atoms with Crippen molar-refractivity contribution < 1.29 is 23.9 Å². The Bertz CT molecular complexity index is 1200. The van der Waals surface area contributed by atoms with Crippen LogP contribution in [-0.2, 0) is 9.53 Å². The molecular weight excluding hydrogens is 455 g/mol. The van der Waals surface area contributed by atoms with Crippen molar-refractivity contribution in [2.24, 2.45) is 0 Å². The molecule has 0 fully saturated rings. The molecule has 1 aliphatic heterocycles. The summed E-state index contributed by atoms with van der Waals surface area (Å²) in [5.41, 5.74) is 1.34. The largest absolute Gasteiger partial charge is 0.452 e. The molecule has 32 heavy (non-hydrogen) atoms. The summed E-state index contributed by atoms with van der Waals surface area (Å²) >= 11 is 12.0. The topological polar surface area (TPSA) is 92.8 Å². The second-order valence-corrected chi connectivity index (χ2v) is 7.57. The zero-order valence-electron chi connectivity index (χ0n) is 16.3. The Morgan fingerprint density at radius 1 is 0.812 bits per heavy atom. The molecule has 0 atom stereocenters. The van der Waals surface area contributed by atoms with Crippen LogP contribution in [0.4, 0.5) is 11.4 Å². The number of rotatable bonds is 5. The third-order valence-electron chi connectivity index (χ3n) is 4.72. The second kappa shape index (κ2) is 8.82. The molecule has 3 aromatic rings. The van der Waals surface area contributed by atoms with Gasteiger partial charge in [-0.2, -0.15) is 0 Å². The molecule has 0 radical (unpaired) electrons. The summed E-state index contributed by atoms with van der Waals surface area (Å²) in [7, 11) is 0. The Kier molecular flexibility index (Phi) is 5.94. The van der Waals surface area contributed by atoms with E-state index >= 15 is 0 Å². The smallest absolute Gasteiger partial charge is 0.338 e. The molecule has 3 amide bonds. The van der Waals surface area contributed by atoms with Crippen LogP contribution in [0.1, 0.15) is 31.1 Å². The van der Waals surface area contributed by atoms with Gasteiger partial charge in [0.15, 0.2) is 6.61 Å². The van der Waals surface area contributed by atoms with E-state index in [1.54, 1.807) is 42.5 Å². The summed E-state index contributed by atoms with van der Waals surface area (Å²) in [5, 5.41) is 2.99. The average molecular weight is 469 g/mol. The standard InChI is InChI=1S/C23H14Cl2N2O5/c24-17-6-3-7-18(25)20(17)26-19(28)12-32-23(31)13-8-10-14(11-9-13)27-21(29)15-4-1-2-5-16(15)22(27)30/h1-11H,12H2,(H,26,28). The molecule has 0 spiro atoms. The van der Waals surface area contributed by atoms with Crippen molar-refractivity contribution in [2.45, 2.75) is 0 Å². The van der Waals surface area contributed by atoms with Gasteiger partial charge in [0.1, 0.15) is 0 Å². The molecule has 1 heterocycles. The van der Waals surface area contributed by atoms with Crippen LogP contribution in [0.3, 0.4) is 0 Å². The molecule has 0 unspecified atom stereocenters. The SMILES string of the molecule is O=C(COC(=O)c1ccc(N2C(=O)c3ccccc3C2=O)cc1)Nc1c(Cl)cccc1Cl. The van der Waals surface area contributed by atoms with Gasteiger partial charge in [-0.3, -0.25) is 14.4 Å². The van der Waals surface area contributed by atoms with Crippen molar-refractivity contribution >= 4 is 58.3 Å². The van der Waals surface area contributed by atoms with E-state index in [0.717, 1.165) is 4.90 Å². The van der Waals surface area contributed by atoms with E-state index in [9.17, 15) is 19.2 Å². The van der Waals surface area contributed by atoms with Crippen LogP contribution in [0.5, 0.6) is 0 Å². The quantitative estimate of drug-likeness (QED) is 0.436. The number of nitrogens with one attached hydrogen (secondary N) is 1. The fourth-order valence-corrected chi connectivity index (χ4v) is 3.67. The van der Waals surface area contributed by atoms with Gasteiger partial charge in [-0.15, -0.1) is 0 Å². The zero-order valence-corrected chi connectivity index (χ0v) is 17.8. The van der Waals surface area contributed by atoms with Crippen molar-refractivity contribution in [1.29, 1.82) is 0 Å². The number of anilines is 2. The van der Waals surface area contributed by atoms with Gasteiger partial charge in [0.2, 0.25) is 0 Å². The Balaban J connectivity index is 1.39. The first-order valence-electron chi connectivity index (χ1n) is 9.35. The lowest BCUT2D eigenvalue weighted by Gasteiger charge is -2.14. The van der Waals surface area contributed by atoms with E-state index in [-0.39, 0.29) is 21.3 Å². The minimum absolute atomic E-state index is 0.147. The zero-order chi connectivity index (χ0) is 22.8. The van der Waals surface area contributed by atoms with E-state index in [4.69, 9.17) is 27.9 Å². The maximum atomic E-state index is 12.6. The predicted octanol–water partition coefficient (Wildman–Crippen LogP) is 4.59. The van der Waals surface area contributed by atoms with Crippen LogP contribution in [-0.4, -0.2) is 30.3 Å². The van der Waals surface area contributed by atoms with Gasteiger partial charge < -0.3 is 10.1 Å². The summed E-state index contributed by atoms with van der Waals surface area (Å²) in [6.45, 7) is -0.555. The first kappa shape index (κ1) is 21.5. The number of halogens is 2. The maximum Gasteiger partial charge on any atom is 0.338 e. The van der Waals surface area contributed by atoms with Crippen molar-refractivity contribution in [2.75, 3.05) is 16.8 Å². The lowest BCUT2D eigenvalue weighted by molar-refractivity contribution is -0.119. The molecule has 3 aromatic carbocycles. The van der Waals surface area contributed by atoms with Crippen LogP contribution in [0.15, 0.2) is 66.7 Å². The highest BCUT2D eigenvalue weighted by Gasteiger charge is 2.36. The molecule has 4 rings (SSSR count). The van der Waals surface area contributed by atoms with Gasteiger partial charge in [-0.05, 0) is 48.5 Å². The summed E-state index contributed by atoms with van der Waals surface area (Å²) < 4.78 is 5.02. The van der Waals surface area contributed by atoms with Gasteiger partial charge >= 0.3 is 5.97 Å². The molecular formula is C23H14Cl2N2O5. The number of hydrogen-bond donors (Lipinski definition) is 1. The van der Waals surface area contributed by atoms with Gasteiger partial charge in [0.05, 0.1) is 38.1 Å². The fraction of sp³-hybridized carbons (Fsp3) is 0.0435. The number of amides is 3. The number of ether oxygens (including phenoxy) is 1. The average Bonchev–Trinajstić information content (AvgIpc) is 3.05. The first-order valence-corrected chi connectivity index (χ1v) is 10.1. The summed E-state index contributed by atoms with van der Waals surface area (Å²) in [5.74, 6) is -2.23. The normalized spacial score (nSPS) is 12.5. The van der Waals surface area contributed by atoms with Crippen molar-refractivity contribution in [1.82, 2.24) is 0 Å². The molecule has 1 aliphatic rings. The van der Waals surface area contributed by atoms with Crippen LogP contribution < -0.4 is 10.2 Å². The van der Waals surface area contributed by atoms with Gasteiger partial charge in [-0.25, -0.2) is 9.69 Å². The van der Waals surface area contributed by atoms with Crippen LogP contribution in [0.25, 0.3) is 0 Å². The molecule has 0 saturated heterocycles. The Hall–Kier alpha value is -3.68. The highest BCUT2D eigenvalue weighted by Crippen LogP contribution is 2.30. The van der Waals surface area contributed by atoms with Gasteiger partial charge in [-0.1, -0.05) is 41.4 Å². The monoisotopic (exact) mass is 468 g/mol. The highest BCUT2D eigenvalue weighted by atomic mass is 35.5. The number of esters is 1. The van der Waals surface area contributed by atoms with Crippen LogP contribution >= 0.6 is 23.2 Å². The van der Waals surface area contributed by atoms with Gasteiger partial charge in [0.25, 0.3) is 17.7 Å². The maximum absolute atomic E-state index is 12.6. The number of imide groups is 1. The summed E-state index contributed by atoms with van der Waals surface area (Å²) in [4.78, 5) is 50.5. The first-order chi connectivity index (χ1) is 15.4. The lowest BCUT2D eigenvalue weighted by Crippen LogP contribution is -2.29. The minimum Gasteiger partial charge on any atom is -0.452 e. The van der Waals surface area contributed by atoms with Crippen molar-refractivity contribution in [3.63, 3.8) is 0 Å². The van der Waals surface area contributed by atoms with E-state index in [0.29, 0.717) is 16.8 Å². The van der Waals surface area contributed by atoms with Crippen LogP contribution in [0, 0.1) is 0 Å². The second-order valence-electron chi connectivity index (χ2n) is 6.76. The summed E-state index contributed by atoms with van der Waals surface area (Å²) in [6, 6.07) is 17.0. The predicted molar refractivity (Wildman–Crippen MR) is 119 cm³/mol. The van der Waals surface area contributed by atoms with Crippen LogP contribution in [0.2, 0.25) is 10.0 Å². The van der Waals surface area contributed by atoms with E-state index < -0.39 is 30.3 Å². The van der Waals surface area contributed by atoms with E-state index in [1.807, 2.05) is 0 Å². The third kappa shape index (κ3) is 4.08. The van der Waals surface area contributed by atoms with E-state index in [1.165, 1.54) is 24.3 Å². The number of carbonyl (C=O) groups is 4. The Morgan fingerprint density at radius 2 is 1.38 bits per heavy atom. The van der Waals surface area contributed by atoms with Gasteiger partial charge in [0, 0.05) is 0 Å². The lowest BCUT2D eigenvalue weighted by atomic mass is 10.1. The Morgan fingerprint density at radius 3 is 1.94 bits per heavy atom. The molecule has 7 nitrogen and oxygen atoms in total. The molecule has 0 aromatic heterocycles. The molecule has 1 N–H and O–H groups in total. The number of benzene rings is 3. The molecule has 160 valence electrons. The number of fused-ring (bicyclic) bond motifs is 1. The van der Waals surface area contributed by atoms with Crippen molar-refractivity contribution in [3.8, 4) is 0 Å². The number of para-hydroxylation sites is 1. The summed E-state index contributed by atoms with van der Waals surface area (Å²) in [6.07, 6.45) is 0. The third-order valence-corrected chi connectivity index (χ3v) is 5.35. The highest BCUT2D eigenvalue weighted by molar-refractivity contribution is 6.39.